The minimum absolute atomic E-state index is 0.169. The fourth-order valence-corrected chi connectivity index (χ4v) is 2.42. The van der Waals surface area contributed by atoms with Gasteiger partial charge in [0.05, 0.1) is 0 Å². The Kier molecular flexibility index (Phi) is 5.81. The second kappa shape index (κ2) is 6.89. The third-order valence-corrected chi connectivity index (χ3v) is 3.47. The van der Waals surface area contributed by atoms with E-state index in [1.165, 1.54) is 12.8 Å². The molecule has 0 aromatic rings. The quantitative estimate of drug-likeness (QED) is 0.781. The van der Waals surface area contributed by atoms with Crippen LogP contribution < -0.4 is 0 Å². The molecule has 1 rings (SSSR count). The monoisotopic (exact) mass is 227 g/mol. The highest BCUT2D eigenvalue weighted by Gasteiger charge is 2.22. The van der Waals surface area contributed by atoms with E-state index in [1.807, 2.05) is 11.8 Å². The zero-order chi connectivity index (χ0) is 12.0. The highest BCUT2D eigenvalue weighted by atomic mass is 16.3. The standard InChI is InChI=1S/C13H25NO2/c1-3-4-12-5-6-13(16)14(8-7-12)9-11(2)10-15/h11-12,15H,3-10H2,1-2H3. The Bertz CT molecular complexity index is 218. The predicted octanol–water partition coefficient (Wildman–Crippen LogP) is 2.04. The summed E-state index contributed by atoms with van der Waals surface area (Å²) in [7, 11) is 0. The molecule has 1 fully saturated rings. The molecule has 1 aliphatic rings. The first kappa shape index (κ1) is 13.5. The SMILES string of the molecule is CCCC1CCC(=O)N(CC(C)CO)CC1. The lowest BCUT2D eigenvalue weighted by Gasteiger charge is -2.23. The fraction of sp³-hybridized carbons (Fsp3) is 0.923. The van der Waals surface area contributed by atoms with Gasteiger partial charge in [0.25, 0.3) is 0 Å². The number of aliphatic hydroxyl groups excluding tert-OH is 1. The van der Waals surface area contributed by atoms with Crippen molar-refractivity contribution >= 4 is 5.91 Å². The number of likely N-dealkylation sites (tertiary alicyclic amines) is 1. The largest absolute Gasteiger partial charge is 0.396 e. The Morgan fingerprint density at radius 3 is 2.88 bits per heavy atom. The zero-order valence-corrected chi connectivity index (χ0v) is 10.6. The molecular formula is C13H25NO2. The van der Waals surface area contributed by atoms with Crippen LogP contribution >= 0.6 is 0 Å². The number of rotatable bonds is 5. The summed E-state index contributed by atoms with van der Waals surface area (Å²) in [4.78, 5) is 13.8. The third-order valence-electron chi connectivity index (χ3n) is 3.47. The summed E-state index contributed by atoms with van der Waals surface area (Å²) in [6, 6.07) is 0. The highest BCUT2D eigenvalue weighted by molar-refractivity contribution is 5.76. The van der Waals surface area contributed by atoms with Crippen LogP contribution in [0.2, 0.25) is 0 Å². The van der Waals surface area contributed by atoms with Gasteiger partial charge in [-0.05, 0) is 24.7 Å². The Labute approximate surface area is 98.8 Å². The van der Waals surface area contributed by atoms with Crippen molar-refractivity contribution in [1.29, 1.82) is 0 Å². The van der Waals surface area contributed by atoms with Crippen LogP contribution in [0.25, 0.3) is 0 Å². The van der Waals surface area contributed by atoms with Crippen LogP contribution in [-0.2, 0) is 4.79 Å². The smallest absolute Gasteiger partial charge is 0.222 e. The summed E-state index contributed by atoms with van der Waals surface area (Å²) in [6.45, 7) is 5.96. The molecule has 0 aromatic carbocycles. The molecular weight excluding hydrogens is 202 g/mol. The minimum atomic E-state index is 0.169. The predicted molar refractivity (Wildman–Crippen MR) is 65.1 cm³/mol. The van der Waals surface area contributed by atoms with Crippen LogP contribution in [0.5, 0.6) is 0 Å². The van der Waals surface area contributed by atoms with Gasteiger partial charge in [-0.1, -0.05) is 26.7 Å². The van der Waals surface area contributed by atoms with Crippen LogP contribution in [0, 0.1) is 11.8 Å². The van der Waals surface area contributed by atoms with Gasteiger partial charge in [0, 0.05) is 26.1 Å². The lowest BCUT2D eigenvalue weighted by Crippen LogP contribution is -2.35. The van der Waals surface area contributed by atoms with Crippen molar-refractivity contribution in [3.05, 3.63) is 0 Å². The average Bonchev–Trinajstić information content (AvgIpc) is 2.44. The van der Waals surface area contributed by atoms with Crippen molar-refractivity contribution in [2.75, 3.05) is 19.7 Å². The normalized spacial score (nSPS) is 24.3. The molecule has 1 heterocycles. The van der Waals surface area contributed by atoms with Crippen LogP contribution in [0.15, 0.2) is 0 Å². The second-order valence-electron chi connectivity index (χ2n) is 5.11. The van der Waals surface area contributed by atoms with E-state index in [2.05, 4.69) is 6.92 Å². The molecule has 0 bridgehead atoms. The molecule has 0 aromatic heterocycles. The van der Waals surface area contributed by atoms with Gasteiger partial charge in [-0.2, -0.15) is 0 Å². The molecule has 3 heteroatoms. The zero-order valence-electron chi connectivity index (χ0n) is 10.6. The minimum Gasteiger partial charge on any atom is -0.396 e. The second-order valence-corrected chi connectivity index (χ2v) is 5.11. The first-order valence-corrected chi connectivity index (χ1v) is 6.56. The van der Waals surface area contributed by atoms with E-state index in [0.29, 0.717) is 13.0 Å². The van der Waals surface area contributed by atoms with E-state index >= 15 is 0 Å². The maximum Gasteiger partial charge on any atom is 0.222 e. The van der Waals surface area contributed by atoms with Gasteiger partial charge < -0.3 is 10.0 Å². The molecule has 0 saturated carbocycles. The number of carbonyl (C=O) groups excluding carboxylic acids is 1. The number of nitrogens with zero attached hydrogens (tertiary/aromatic N) is 1. The summed E-state index contributed by atoms with van der Waals surface area (Å²) < 4.78 is 0. The van der Waals surface area contributed by atoms with Crippen molar-refractivity contribution in [2.24, 2.45) is 11.8 Å². The van der Waals surface area contributed by atoms with Crippen molar-refractivity contribution in [3.63, 3.8) is 0 Å². The summed E-state index contributed by atoms with van der Waals surface area (Å²) in [5.74, 6) is 1.20. The van der Waals surface area contributed by atoms with Gasteiger partial charge in [0.1, 0.15) is 0 Å². The van der Waals surface area contributed by atoms with Gasteiger partial charge in [-0.15, -0.1) is 0 Å². The van der Waals surface area contributed by atoms with E-state index in [-0.39, 0.29) is 18.4 Å². The van der Waals surface area contributed by atoms with Crippen molar-refractivity contribution in [2.45, 2.75) is 46.0 Å². The molecule has 1 saturated heterocycles. The number of aliphatic hydroxyl groups is 1. The van der Waals surface area contributed by atoms with E-state index in [0.717, 1.165) is 25.3 Å². The molecule has 94 valence electrons. The van der Waals surface area contributed by atoms with Gasteiger partial charge in [0.15, 0.2) is 0 Å². The van der Waals surface area contributed by atoms with Crippen molar-refractivity contribution < 1.29 is 9.90 Å². The first-order chi connectivity index (χ1) is 7.67. The summed E-state index contributed by atoms with van der Waals surface area (Å²) in [6.07, 6.45) is 5.35. The van der Waals surface area contributed by atoms with Crippen LogP contribution in [0.1, 0.15) is 46.0 Å². The van der Waals surface area contributed by atoms with E-state index in [9.17, 15) is 4.79 Å². The lowest BCUT2D eigenvalue weighted by atomic mass is 9.96. The van der Waals surface area contributed by atoms with Crippen LogP contribution in [-0.4, -0.2) is 35.6 Å². The average molecular weight is 227 g/mol. The molecule has 2 unspecified atom stereocenters. The maximum atomic E-state index is 11.9. The molecule has 1 amide bonds. The third kappa shape index (κ3) is 4.12. The number of hydrogen-bond acceptors (Lipinski definition) is 2. The Morgan fingerprint density at radius 2 is 2.25 bits per heavy atom. The topological polar surface area (TPSA) is 40.5 Å². The Hall–Kier alpha value is -0.570. The lowest BCUT2D eigenvalue weighted by molar-refractivity contribution is -0.131. The number of carbonyl (C=O) groups is 1. The molecule has 0 radical (unpaired) electrons. The molecule has 1 aliphatic heterocycles. The summed E-state index contributed by atoms with van der Waals surface area (Å²) in [5.41, 5.74) is 0. The van der Waals surface area contributed by atoms with Crippen molar-refractivity contribution in [3.8, 4) is 0 Å². The van der Waals surface area contributed by atoms with E-state index in [4.69, 9.17) is 5.11 Å². The molecule has 1 N–H and O–H groups in total. The van der Waals surface area contributed by atoms with Crippen LogP contribution in [0.4, 0.5) is 0 Å². The number of amides is 1. The first-order valence-electron chi connectivity index (χ1n) is 6.56. The Morgan fingerprint density at radius 1 is 1.50 bits per heavy atom. The Balaban J connectivity index is 2.44. The highest BCUT2D eigenvalue weighted by Crippen LogP contribution is 2.22. The molecule has 0 aliphatic carbocycles. The molecule has 3 nitrogen and oxygen atoms in total. The maximum absolute atomic E-state index is 11.9. The molecule has 0 spiro atoms. The summed E-state index contributed by atoms with van der Waals surface area (Å²) >= 11 is 0. The molecule has 16 heavy (non-hydrogen) atoms. The van der Waals surface area contributed by atoms with Crippen molar-refractivity contribution in [1.82, 2.24) is 4.90 Å². The van der Waals surface area contributed by atoms with Gasteiger partial charge in [-0.3, -0.25) is 4.79 Å². The van der Waals surface area contributed by atoms with Gasteiger partial charge in [-0.25, -0.2) is 0 Å². The van der Waals surface area contributed by atoms with E-state index < -0.39 is 0 Å². The van der Waals surface area contributed by atoms with Gasteiger partial charge in [0.2, 0.25) is 5.91 Å². The number of hydrogen-bond donors (Lipinski definition) is 1. The van der Waals surface area contributed by atoms with E-state index in [1.54, 1.807) is 0 Å². The summed E-state index contributed by atoms with van der Waals surface area (Å²) in [5, 5.41) is 9.02. The molecule has 2 atom stereocenters. The van der Waals surface area contributed by atoms with Crippen LogP contribution in [0.3, 0.4) is 0 Å². The van der Waals surface area contributed by atoms with Gasteiger partial charge >= 0.3 is 0 Å². The fourth-order valence-electron chi connectivity index (χ4n) is 2.42.